The number of para-hydroxylation sites is 1. The van der Waals surface area contributed by atoms with Crippen molar-refractivity contribution in [2.75, 3.05) is 25.1 Å². The third-order valence-corrected chi connectivity index (χ3v) is 5.44. The lowest BCUT2D eigenvalue weighted by Gasteiger charge is -2.08. The molecular formula is C21H20N2O8S. The van der Waals surface area contributed by atoms with Crippen molar-refractivity contribution in [2.24, 2.45) is 0 Å². The largest absolute Gasteiger partial charge is 0.462 e. The van der Waals surface area contributed by atoms with Crippen molar-refractivity contribution in [2.45, 2.75) is 20.8 Å². The number of ether oxygens (including phenoxy) is 3. The Morgan fingerprint density at radius 3 is 2.47 bits per heavy atom. The zero-order valence-corrected chi connectivity index (χ0v) is 18.4. The van der Waals surface area contributed by atoms with E-state index >= 15 is 0 Å². The Bertz CT molecular complexity index is 1180. The van der Waals surface area contributed by atoms with Crippen molar-refractivity contribution in [3.05, 3.63) is 46.2 Å². The van der Waals surface area contributed by atoms with Gasteiger partial charge in [-0.15, -0.1) is 11.3 Å². The minimum atomic E-state index is -0.764. The zero-order valence-electron chi connectivity index (χ0n) is 17.6. The summed E-state index contributed by atoms with van der Waals surface area (Å²) in [5.74, 6) is -2.78. The molecule has 1 N–H and O–H groups in total. The van der Waals surface area contributed by atoms with Crippen LogP contribution in [0.4, 0.5) is 5.00 Å². The van der Waals surface area contributed by atoms with Crippen molar-refractivity contribution in [3.63, 3.8) is 0 Å². The fourth-order valence-corrected chi connectivity index (χ4v) is 3.97. The number of thiophene rings is 1. The summed E-state index contributed by atoms with van der Waals surface area (Å²) < 4.78 is 20.3. The maximum Gasteiger partial charge on any atom is 0.348 e. The molecule has 10 nitrogen and oxygen atoms in total. The van der Waals surface area contributed by atoms with Gasteiger partial charge in [-0.2, -0.15) is 0 Å². The van der Waals surface area contributed by atoms with E-state index in [0.29, 0.717) is 16.7 Å². The van der Waals surface area contributed by atoms with E-state index in [-0.39, 0.29) is 34.2 Å². The number of fused-ring (bicyclic) bond motifs is 1. The molecule has 1 aromatic carbocycles. The highest BCUT2D eigenvalue weighted by Gasteiger charge is 2.27. The first kappa shape index (κ1) is 22.9. The van der Waals surface area contributed by atoms with Crippen LogP contribution in [0.2, 0.25) is 0 Å². The van der Waals surface area contributed by atoms with Crippen LogP contribution in [0.3, 0.4) is 0 Å². The number of rotatable bonds is 8. The van der Waals surface area contributed by atoms with Gasteiger partial charge >= 0.3 is 17.9 Å². The van der Waals surface area contributed by atoms with Gasteiger partial charge in [-0.25, -0.2) is 19.4 Å². The first-order valence-corrected chi connectivity index (χ1v) is 10.5. The number of nitrogens with one attached hydrogen (secondary N) is 1. The highest BCUT2D eigenvalue weighted by Crippen LogP contribution is 2.34. The molecule has 3 rings (SSSR count). The molecular weight excluding hydrogens is 440 g/mol. The van der Waals surface area contributed by atoms with E-state index in [2.05, 4.69) is 10.3 Å². The topological polar surface area (TPSA) is 134 Å². The Morgan fingerprint density at radius 1 is 1.03 bits per heavy atom. The van der Waals surface area contributed by atoms with E-state index in [1.807, 2.05) is 0 Å². The number of esters is 3. The van der Waals surface area contributed by atoms with E-state index in [4.69, 9.17) is 18.6 Å². The van der Waals surface area contributed by atoms with Crippen molar-refractivity contribution in [3.8, 4) is 0 Å². The second-order valence-electron chi connectivity index (χ2n) is 6.33. The second kappa shape index (κ2) is 10.1. The molecule has 0 radical (unpaired) electrons. The van der Waals surface area contributed by atoms with Gasteiger partial charge in [0.2, 0.25) is 0 Å². The molecule has 1 amide bonds. The van der Waals surface area contributed by atoms with E-state index in [1.54, 1.807) is 32.9 Å². The predicted molar refractivity (Wildman–Crippen MR) is 114 cm³/mol. The van der Waals surface area contributed by atoms with Crippen LogP contribution in [0, 0.1) is 6.92 Å². The molecule has 0 aliphatic rings. The summed E-state index contributed by atoms with van der Waals surface area (Å²) in [7, 11) is 0. The summed E-state index contributed by atoms with van der Waals surface area (Å²) in [6, 6.07) is 4.74. The molecule has 0 saturated heterocycles. The molecule has 11 heteroatoms. The summed E-state index contributed by atoms with van der Waals surface area (Å²) in [5.41, 5.74) is 1.25. The number of aromatic nitrogens is 1. The lowest BCUT2D eigenvalue weighted by atomic mass is 10.1. The van der Waals surface area contributed by atoms with Crippen molar-refractivity contribution in [1.82, 2.24) is 4.98 Å². The lowest BCUT2D eigenvalue weighted by Crippen LogP contribution is -2.22. The minimum absolute atomic E-state index is 0.0481. The van der Waals surface area contributed by atoms with Gasteiger partial charge in [0.15, 0.2) is 18.6 Å². The first-order chi connectivity index (χ1) is 15.4. The Balaban J connectivity index is 1.75. The van der Waals surface area contributed by atoms with Gasteiger partial charge in [0, 0.05) is 0 Å². The first-order valence-electron chi connectivity index (χ1n) is 9.64. The maximum atomic E-state index is 12.4. The summed E-state index contributed by atoms with van der Waals surface area (Å²) >= 11 is 0.880. The smallest absolute Gasteiger partial charge is 0.348 e. The van der Waals surface area contributed by atoms with Crippen molar-refractivity contribution < 1.29 is 37.8 Å². The monoisotopic (exact) mass is 460 g/mol. The molecule has 0 aliphatic carbocycles. The number of oxazole rings is 1. The van der Waals surface area contributed by atoms with Gasteiger partial charge in [-0.05, 0) is 38.5 Å². The van der Waals surface area contributed by atoms with Crippen LogP contribution in [0.1, 0.15) is 49.8 Å². The summed E-state index contributed by atoms with van der Waals surface area (Å²) in [6.07, 6.45) is 1.20. The molecule has 0 bridgehead atoms. The molecule has 2 heterocycles. The molecule has 2 aromatic heterocycles. The van der Waals surface area contributed by atoms with Gasteiger partial charge in [0.1, 0.15) is 15.4 Å². The molecule has 0 saturated carbocycles. The molecule has 32 heavy (non-hydrogen) atoms. The summed E-state index contributed by atoms with van der Waals surface area (Å²) in [5, 5.41) is 2.61. The Labute approximate surface area is 186 Å². The van der Waals surface area contributed by atoms with Crippen LogP contribution in [0.25, 0.3) is 11.1 Å². The number of carbonyl (C=O) groups excluding carboxylic acids is 4. The number of benzene rings is 1. The molecule has 0 fully saturated rings. The number of hydrogen-bond donors (Lipinski definition) is 1. The zero-order chi connectivity index (χ0) is 23.3. The molecule has 3 aromatic rings. The third-order valence-electron chi connectivity index (χ3n) is 4.25. The molecule has 0 unspecified atom stereocenters. The number of carbonyl (C=O) groups is 4. The predicted octanol–water partition coefficient (Wildman–Crippen LogP) is 3.35. The molecule has 0 spiro atoms. The van der Waals surface area contributed by atoms with E-state index < -0.39 is 30.4 Å². The lowest BCUT2D eigenvalue weighted by molar-refractivity contribution is -0.119. The summed E-state index contributed by atoms with van der Waals surface area (Å²) in [4.78, 5) is 53.5. The average molecular weight is 460 g/mol. The van der Waals surface area contributed by atoms with Gasteiger partial charge < -0.3 is 23.9 Å². The highest BCUT2D eigenvalue weighted by molar-refractivity contribution is 7.18. The van der Waals surface area contributed by atoms with Gasteiger partial charge in [-0.1, -0.05) is 6.07 Å². The molecule has 168 valence electrons. The van der Waals surface area contributed by atoms with Crippen LogP contribution in [0.5, 0.6) is 0 Å². The highest BCUT2D eigenvalue weighted by atomic mass is 32.1. The minimum Gasteiger partial charge on any atom is -0.462 e. The average Bonchev–Trinajstić information content (AvgIpc) is 3.36. The number of nitrogens with zero attached hydrogens (tertiary/aromatic N) is 1. The Hall–Kier alpha value is -3.73. The van der Waals surface area contributed by atoms with Crippen LogP contribution >= 0.6 is 11.3 Å². The Kier molecular flexibility index (Phi) is 7.21. The standard InChI is InChI=1S/C21H20N2O8S/c1-4-28-20(26)15-11(3)17(21(27)29-5-2)32-18(15)23-14(24)9-30-19(25)12-7-6-8-13-16(12)22-10-31-13/h6-8,10H,4-5,9H2,1-3H3,(H,23,24). The van der Waals surface area contributed by atoms with Crippen LogP contribution in [-0.2, 0) is 19.0 Å². The number of hydrogen-bond acceptors (Lipinski definition) is 10. The van der Waals surface area contributed by atoms with Gasteiger partial charge in [-0.3, -0.25) is 4.79 Å². The third kappa shape index (κ3) is 4.78. The van der Waals surface area contributed by atoms with Gasteiger partial charge in [0.25, 0.3) is 5.91 Å². The van der Waals surface area contributed by atoms with Crippen LogP contribution in [0.15, 0.2) is 29.0 Å². The Morgan fingerprint density at radius 2 is 1.75 bits per heavy atom. The van der Waals surface area contributed by atoms with E-state index in [9.17, 15) is 19.2 Å². The number of anilines is 1. The van der Waals surface area contributed by atoms with E-state index in [0.717, 1.165) is 11.3 Å². The SMILES string of the molecule is CCOC(=O)c1sc(NC(=O)COC(=O)c2cccc3ocnc23)c(C(=O)OCC)c1C. The van der Waals surface area contributed by atoms with Crippen LogP contribution < -0.4 is 5.32 Å². The normalized spacial score (nSPS) is 10.6. The number of amides is 1. The van der Waals surface area contributed by atoms with E-state index in [1.165, 1.54) is 12.5 Å². The fraction of sp³-hybridized carbons (Fsp3) is 0.286. The summed E-state index contributed by atoms with van der Waals surface area (Å²) in [6.45, 7) is 4.50. The quantitative estimate of drug-likeness (QED) is 0.397. The molecule has 0 aliphatic heterocycles. The molecule has 0 atom stereocenters. The second-order valence-corrected chi connectivity index (χ2v) is 7.35. The van der Waals surface area contributed by atoms with Crippen molar-refractivity contribution >= 4 is 51.3 Å². The van der Waals surface area contributed by atoms with Crippen molar-refractivity contribution in [1.29, 1.82) is 0 Å². The van der Waals surface area contributed by atoms with Crippen LogP contribution in [-0.4, -0.2) is 48.6 Å². The van der Waals surface area contributed by atoms with Gasteiger partial charge in [0.05, 0.1) is 24.3 Å². The fourth-order valence-electron chi connectivity index (χ4n) is 2.86. The maximum absolute atomic E-state index is 12.4.